The van der Waals surface area contributed by atoms with E-state index in [1.807, 2.05) is 12.2 Å². The van der Waals surface area contributed by atoms with Crippen LogP contribution < -0.4 is 0 Å². The summed E-state index contributed by atoms with van der Waals surface area (Å²) in [6.45, 7) is 19.0. The summed E-state index contributed by atoms with van der Waals surface area (Å²) >= 11 is 0. The van der Waals surface area contributed by atoms with Gasteiger partial charge in [0.25, 0.3) is 0 Å². The van der Waals surface area contributed by atoms with Crippen molar-refractivity contribution in [1.29, 1.82) is 0 Å². The van der Waals surface area contributed by atoms with E-state index in [1.54, 1.807) is 7.11 Å². The number of carbonyl (C=O) groups is 1. The molecular formula is C19H32O2. The molecule has 0 atom stereocenters. The van der Waals surface area contributed by atoms with Gasteiger partial charge >= 0.3 is 0 Å². The number of Topliss-reactive ketones (excluding diaryl/α,β-unsaturated/α-hetero) is 1. The highest BCUT2D eigenvalue weighted by atomic mass is 16.5. The molecule has 1 aliphatic rings. The van der Waals surface area contributed by atoms with Gasteiger partial charge in [-0.1, -0.05) is 62.3 Å². The first-order valence-electron chi connectivity index (χ1n) is 7.72. The molecule has 0 saturated heterocycles. The maximum absolute atomic E-state index is 13.0. The minimum atomic E-state index is -0.549. The van der Waals surface area contributed by atoms with Crippen LogP contribution in [0.5, 0.6) is 0 Å². The quantitative estimate of drug-likeness (QED) is 0.684. The van der Waals surface area contributed by atoms with Crippen LogP contribution in [0.2, 0.25) is 0 Å². The van der Waals surface area contributed by atoms with Crippen molar-refractivity contribution in [3.63, 3.8) is 0 Å². The molecule has 0 aliphatic heterocycles. The lowest BCUT2D eigenvalue weighted by atomic mass is 9.64. The number of ketones is 1. The normalized spacial score (nSPS) is 20.2. The van der Waals surface area contributed by atoms with Crippen molar-refractivity contribution in [3.8, 4) is 0 Å². The fourth-order valence-corrected chi connectivity index (χ4v) is 2.72. The van der Waals surface area contributed by atoms with Crippen molar-refractivity contribution in [2.45, 2.75) is 67.9 Å². The molecule has 0 radical (unpaired) electrons. The lowest BCUT2D eigenvalue weighted by molar-refractivity contribution is -0.115. The minimum absolute atomic E-state index is 0.130. The average molecular weight is 292 g/mol. The van der Waals surface area contributed by atoms with E-state index >= 15 is 0 Å². The summed E-state index contributed by atoms with van der Waals surface area (Å²) < 4.78 is 5.94. The molecule has 2 heteroatoms. The van der Waals surface area contributed by atoms with Crippen LogP contribution in [0.3, 0.4) is 0 Å². The summed E-state index contributed by atoms with van der Waals surface area (Å²) in [4.78, 5) is 13.0. The van der Waals surface area contributed by atoms with Crippen LogP contribution in [0.15, 0.2) is 23.3 Å². The van der Waals surface area contributed by atoms with Crippen molar-refractivity contribution in [2.24, 2.45) is 16.2 Å². The van der Waals surface area contributed by atoms with E-state index in [0.29, 0.717) is 0 Å². The molecule has 0 aromatic carbocycles. The van der Waals surface area contributed by atoms with Gasteiger partial charge in [-0.05, 0) is 28.4 Å². The molecule has 0 spiro atoms. The first kappa shape index (κ1) is 18.2. The third kappa shape index (κ3) is 3.31. The highest BCUT2D eigenvalue weighted by molar-refractivity contribution is 6.11. The molecule has 1 aliphatic carbocycles. The Bertz CT molecular complexity index is 451. The van der Waals surface area contributed by atoms with Crippen molar-refractivity contribution >= 4 is 5.78 Å². The highest BCUT2D eigenvalue weighted by Gasteiger charge is 2.46. The van der Waals surface area contributed by atoms with Crippen LogP contribution in [0.4, 0.5) is 0 Å². The number of ether oxygens (including phenoxy) is 1. The zero-order valence-corrected chi connectivity index (χ0v) is 15.5. The topological polar surface area (TPSA) is 26.3 Å². The number of carbonyl (C=O) groups excluding carboxylic acids is 1. The molecule has 0 heterocycles. The van der Waals surface area contributed by atoms with Gasteiger partial charge < -0.3 is 4.74 Å². The zero-order valence-electron chi connectivity index (χ0n) is 15.5. The van der Waals surface area contributed by atoms with E-state index < -0.39 is 5.60 Å². The molecule has 0 bridgehead atoms. The summed E-state index contributed by atoms with van der Waals surface area (Å²) in [7, 11) is 1.73. The molecule has 0 amide bonds. The molecule has 21 heavy (non-hydrogen) atoms. The smallest absolute Gasteiger partial charge is 0.185 e. The number of hydrogen-bond donors (Lipinski definition) is 0. The van der Waals surface area contributed by atoms with Crippen molar-refractivity contribution in [2.75, 3.05) is 7.11 Å². The van der Waals surface area contributed by atoms with Gasteiger partial charge in [-0.15, -0.1) is 0 Å². The molecule has 2 nitrogen and oxygen atoms in total. The third-order valence-corrected chi connectivity index (χ3v) is 4.33. The predicted molar refractivity (Wildman–Crippen MR) is 89.3 cm³/mol. The van der Waals surface area contributed by atoms with Gasteiger partial charge in [-0.2, -0.15) is 0 Å². The maximum atomic E-state index is 13.0. The first-order chi connectivity index (χ1) is 9.16. The molecular weight excluding hydrogens is 260 g/mol. The molecule has 0 saturated carbocycles. The Morgan fingerprint density at radius 3 is 1.33 bits per heavy atom. The van der Waals surface area contributed by atoms with E-state index in [9.17, 15) is 4.79 Å². The van der Waals surface area contributed by atoms with Crippen LogP contribution in [-0.2, 0) is 9.53 Å². The Hall–Kier alpha value is -0.890. The molecule has 0 N–H and O–H groups in total. The van der Waals surface area contributed by atoms with Gasteiger partial charge in [0.05, 0.1) is 0 Å². The van der Waals surface area contributed by atoms with Gasteiger partial charge in [-0.3, -0.25) is 4.79 Å². The predicted octanol–water partition coefficient (Wildman–Crippen LogP) is 4.95. The second-order valence-corrected chi connectivity index (χ2v) is 9.19. The van der Waals surface area contributed by atoms with Gasteiger partial charge in [0.15, 0.2) is 5.78 Å². The van der Waals surface area contributed by atoms with Gasteiger partial charge in [0.2, 0.25) is 0 Å². The van der Waals surface area contributed by atoms with Gasteiger partial charge in [0.1, 0.15) is 5.60 Å². The maximum Gasteiger partial charge on any atom is 0.185 e. The number of allylic oxidation sites excluding steroid dienone is 2. The van der Waals surface area contributed by atoms with Crippen LogP contribution in [0.25, 0.3) is 0 Å². The summed E-state index contributed by atoms with van der Waals surface area (Å²) in [5, 5.41) is 0. The second kappa shape index (κ2) is 5.08. The number of rotatable bonds is 1. The second-order valence-electron chi connectivity index (χ2n) is 9.19. The molecule has 0 aromatic heterocycles. The standard InChI is InChI=1S/C19H32O2/c1-16(2,3)13-11-19(21-10,18(7,8)9)12-14(15(13)20)17(4,5)6/h11-12H,1-10H3. The van der Waals surface area contributed by atoms with Gasteiger partial charge in [-0.25, -0.2) is 0 Å². The Morgan fingerprint density at radius 2 is 1.14 bits per heavy atom. The Morgan fingerprint density at radius 1 is 0.810 bits per heavy atom. The largest absolute Gasteiger partial charge is 0.369 e. The molecule has 0 aromatic rings. The summed E-state index contributed by atoms with van der Waals surface area (Å²) in [5.41, 5.74) is 0.633. The Kier molecular flexibility index (Phi) is 4.40. The van der Waals surface area contributed by atoms with E-state index in [1.165, 1.54) is 0 Å². The fraction of sp³-hybridized carbons (Fsp3) is 0.737. The van der Waals surface area contributed by atoms with Crippen LogP contribution >= 0.6 is 0 Å². The van der Waals surface area contributed by atoms with E-state index in [2.05, 4.69) is 62.3 Å². The zero-order chi connectivity index (χ0) is 16.9. The Labute approximate surface area is 130 Å². The lowest BCUT2D eigenvalue weighted by Gasteiger charge is -2.45. The van der Waals surface area contributed by atoms with Crippen molar-refractivity contribution in [3.05, 3.63) is 23.3 Å². The molecule has 0 unspecified atom stereocenters. The van der Waals surface area contributed by atoms with Gasteiger partial charge in [0, 0.05) is 18.3 Å². The minimum Gasteiger partial charge on any atom is -0.369 e. The molecule has 0 fully saturated rings. The van der Waals surface area contributed by atoms with Crippen molar-refractivity contribution < 1.29 is 9.53 Å². The number of methoxy groups -OCH3 is 1. The Balaban J connectivity index is 3.67. The fourth-order valence-electron chi connectivity index (χ4n) is 2.72. The first-order valence-corrected chi connectivity index (χ1v) is 7.72. The van der Waals surface area contributed by atoms with E-state index in [0.717, 1.165) is 11.1 Å². The van der Waals surface area contributed by atoms with E-state index in [4.69, 9.17) is 4.74 Å². The van der Waals surface area contributed by atoms with Crippen molar-refractivity contribution in [1.82, 2.24) is 0 Å². The van der Waals surface area contributed by atoms with E-state index in [-0.39, 0.29) is 22.0 Å². The summed E-state index contributed by atoms with van der Waals surface area (Å²) in [6, 6.07) is 0. The van der Waals surface area contributed by atoms with Crippen LogP contribution in [0, 0.1) is 16.2 Å². The molecule has 120 valence electrons. The average Bonchev–Trinajstić information content (AvgIpc) is 2.24. The number of hydrogen-bond acceptors (Lipinski definition) is 2. The third-order valence-electron chi connectivity index (χ3n) is 4.33. The summed E-state index contributed by atoms with van der Waals surface area (Å²) in [6.07, 6.45) is 4.09. The summed E-state index contributed by atoms with van der Waals surface area (Å²) in [5.74, 6) is 0.159. The van der Waals surface area contributed by atoms with Crippen LogP contribution in [-0.4, -0.2) is 18.5 Å². The lowest BCUT2D eigenvalue weighted by Crippen LogP contribution is -2.46. The SMILES string of the molecule is COC1(C(C)(C)C)C=C(C(C)(C)C)C(=O)C(C(C)(C)C)=C1. The molecule has 1 rings (SSSR count). The highest BCUT2D eigenvalue weighted by Crippen LogP contribution is 2.46. The monoisotopic (exact) mass is 292 g/mol. The van der Waals surface area contributed by atoms with Crippen LogP contribution in [0.1, 0.15) is 62.3 Å².